The van der Waals surface area contributed by atoms with Crippen LogP contribution in [0.1, 0.15) is 25.0 Å². The van der Waals surface area contributed by atoms with Gasteiger partial charge >= 0.3 is 0 Å². The number of halogens is 3. The first-order chi connectivity index (χ1) is 11.8. The van der Waals surface area contributed by atoms with Gasteiger partial charge in [-0.05, 0) is 50.6 Å². The van der Waals surface area contributed by atoms with Crippen LogP contribution >= 0.6 is 0 Å². The highest BCUT2D eigenvalue weighted by molar-refractivity contribution is 5.91. The monoisotopic (exact) mass is 343 g/mol. The fourth-order valence-corrected chi connectivity index (χ4v) is 2.99. The van der Waals surface area contributed by atoms with E-state index in [9.17, 15) is 13.2 Å². The van der Waals surface area contributed by atoms with Crippen molar-refractivity contribution in [3.8, 4) is 6.07 Å². The highest BCUT2D eigenvalue weighted by atomic mass is 19.2. The average Bonchev–Trinajstić information content (AvgIpc) is 2.90. The second kappa shape index (κ2) is 6.17. The third-order valence-electron chi connectivity index (χ3n) is 4.19. The Hall–Kier alpha value is -2.94. The Kier molecular flexibility index (Phi) is 4.17. The van der Waals surface area contributed by atoms with Gasteiger partial charge in [-0.15, -0.1) is 0 Å². The van der Waals surface area contributed by atoms with E-state index in [0.29, 0.717) is 11.4 Å². The zero-order valence-electron chi connectivity index (χ0n) is 14.0. The number of H-pyrrole nitrogens is 1. The van der Waals surface area contributed by atoms with Crippen LogP contribution in [0.5, 0.6) is 0 Å². The minimum Gasteiger partial charge on any atom is -0.341 e. The predicted octanol–water partition coefficient (Wildman–Crippen LogP) is 5.31. The lowest BCUT2D eigenvalue weighted by Gasteiger charge is -2.29. The molecule has 0 fully saturated rings. The molecule has 1 heterocycles. The second-order valence-electron chi connectivity index (χ2n) is 6.13. The first kappa shape index (κ1) is 16.9. The minimum atomic E-state index is -1.50. The summed E-state index contributed by atoms with van der Waals surface area (Å²) in [5.41, 5.74) is 2.00. The molecule has 1 N–H and O–H groups in total. The van der Waals surface area contributed by atoms with Crippen LogP contribution in [0.4, 0.5) is 24.7 Å². The number of aromatic amines is 1. The van der Waals surface area contributed by atoms with E-state index in [2.05, 4.69) is 11.1 Å². The average molecular weight is 343 g/mol. The quantitative estimate of drug-likeness (QED) is 0.655. The number of nitrogens with zero attached hydrogens (tertiary/aromatic N) is 2. The minimum absolute atomic E-state index is 0.0518. The van der Waals surface area contributed by atoms with Crippen LogP contribution in [0.25, 0.3) is 10.9 Å². The van der Waals surface area contributed by atoms with E-state index in [4.69, 9.17) is 5.26 Å². The summed E-state index contributed by atoms with van der Waals surface area (Å²) >= 11 is 0. The number of rotatable bonds is 3. The molecule has 0 bridgehead atoms. The van der Waals surface area contributed by atoms with Gasteiger partial charge in [0.1, 0.15) is 5.82 Å². The molecule has 6 heteroatoms. The Balaban J connectivity index is 2.24. The molecule has 0 amide bonds. The van der Waals surface area contributed by atoms with Crippen molar-refractivity contribution in [3.63, 3.8) is 0 Å². The molecule has 0 aliphatic carbocycles. The lowest BCUT2D eigenvalue weighted by atomic mass is 10.1. The number of aryl methyl sites for hydroxylation is 1. The van der Waals surface area contributed by atoms with E-state index < -0.39 is 17.5 Å². The summed E-state index contributed by atoms with van der Waals surface area (Å²) in [6, 6.07) is 9.19. The van der Waals surface area contributed by atoms with Gasteiger partial charge in [0, 0.05) is 16.9 Å². The van der Waals surface area contributed by atoms with E-state index in [1.165, 1.54) is 6.07 Å². The zero-order chi connectivity index (χ0) is 18.3. The molecule has 0 unspecified atom stereocenters. The zero-order valence-corrected chi connectivity index (χ0v) is 14.0. The molecule has 3 nitrogen and oxygen atoms in total. The van der Waals surface area contributed by atoms with Gasteiger partial charge in [-0.25, -0.2) is 13.2 Å². The molecule has 0 aliphatic heterocycles. The molecule has 0 radical (unpaired) electrons. The molecule has 25 heavy (non-hydrogen) atoms. The first-order valence-electron chi connectivity index (χ1n) is 7.80. The van der Waals surface area contributed by atoms with Crippen molar-refractivity contribution in [1.82, 2.24) is 4.98 Å². The van der Waals surface area contributed by atoms with Gasteiger partial charge in [-0.3, -0.25) is 0 Å². The van der Waals surface area contributed by atoms with E-state index in [0.717, 1.165) is 22.5 Å². The van der Waals surface area contributed by atoms with Gasteiger partial charge in [0.15, 0.2) is 17.5 Å². The Morgan fingerprint density at radius 3 is 2.44 bits per heavy atom. The van der Waals surface area contributed by atoms with Gasteiger partial charge in [-0.2, -0.15) is 5.26 Å². The summed E-state index contributed by atoms with van der Waals surface area (Å²) in [6.07, 6.45) is 0. The molecule has 3 aromatic rings. The highest BCUT2D eigenvalue weighted by Crippen LogP contribution is 2.36. The molecule has 1 aromatic heterocycles. The van der Waals surface area contributed by atoms with Crippen molar-refractivity contribution in [2.75, 3.05) is 4.90 Å². The van der Waals surface area contributed by atoms with Crippen LogP contribution in [-0.2, 0) is 0 Å². The smallest absolute Gasteiger partial charge is 0.196 e. The summed E-state index contributed by atoms with van der Waals surface area (Å²) in [5.74, 6) is -3.38. The van der Waals surface area contributed by atoms with Gasteiger partial charge in [0.05, 0.1) is 17.3 Å². The lowest BCUT2D eigenvalue weighted by Crippen LogP contribution is -2.27. The Labute approximate surface area is 143 Å². The molecule has 3 rings (SSSR count). The molecule has 0 spiro atoms. The number of nitriles is 1. The van der Waals surface area contributed by atoms with Crippen molar-refractivity contribution >= 4 is 22.4 Å². The summed E-state index contributed by atoms with van der Waals surface area (Å²) in [7, 11) is 0. The van der Waals surface area contributed by atoms with E-state index in [-0.39, 0.29) is 11.7 Å². The predicted molar refractivity (Wildman–Crippen MR) is 91.3 cm³/mol. The van der Waals surface area contributed by atoms with Crippen molar-refractivity contribution in [2.24, 2.45) is 0 Å². The fourth-order valence-electron chi connectivity index (χ4n) is 2.99. The Morgan fingerprint density at radius 1 is 1.08 bits per heavy atom. The van der Waals surface area contributed by atoms with Gasteiger partial charge < -0.3 is 9.88 Å². The lowest BCUT2D eigenvalue weighted by molar-refractivity contribution is 0.446. The summed E-state index contributed by atoms with van der Waals surface area (Å²) in [5, 5.41) is 9.92. The summed E-state index contributed by atoms with van der Waals surface area (Å²) in [6.45, 7) is 5.51. The SMILES string of the molecule is Cc1c(N(c2ccc(F)c(F)c2F)C(C)C)[nH]c2cc(C#N)ccc12. The summed E-state index contributed by atoms with van der Waals surface area (Å²) in [4.78, 5) is 4.75. The van der Waals surface area contributed by atoms with Crippen molar-refractivity contribution in [1.29, 1.82) is 5.26 Å². The third-order valence-corrected chi connectivity index (χ3v) is 4.19. The van der Waals surface area contributed by atoms with Crippen LogP contribution in [0.2, 0.25) is 0 Å². The Bertz CT molecular complexity index is 999. The maximum Gasteiger partial charge on any atom is 0.196 e. The molecule has 0 atom stereocenters. The van der Waals surface area contributed by atoms with E-state index >= 15 is 0 Å². The van der Waals surface area contributed by atoms with E-state index in [1.807, 2.05) is 26.8 Å². The fraction of sp³-hybridized carbons (Fsp3) is 0.211. The molecule has 0 saturated carbocycles. The largest absolute Gasteiger partial charge is 0.341 e. The second-order valence-corrected chi connectivity index (χ2v) is 6.13. The number of fused-ring (bicyclic) bond motifs is 1. The molecular weight excluding hydrogens is 327 g/mol. The van der Waals surface area contributed by atoms with Crippen molar-refractivity contribution in [3.05, 3.63) is 58.9 Å². The van der Waals surface area contributed by atoms with E-state index in [1.54, 1.807) is 17.0 Å². The number of hydrogen-bond donors (Lipinski definition) is 1. The number of nitrogens with one attached hydrogen (secondary N) is 1. The topological polar surface area (TPSA) is 42.8 Å². The van der Waals surface area contributed by atoms with Crippen LogP contribution in [-0.4, -0.2) is 11.0 Å². The molecule has 0 aliphatic rings. The van der Waals surface area contributed by atoms with Crippen LogP contribution in [0.3, 0.4) is 0 Å². The van der Waals surface area contributed by atoms with Gasteiger partial charge in [0.2, 0.25) is 0 Å². The first-order valence-corrected chi connectivity index (χ1v) is 7.80. The molecular formula is C19H16F3N3. The highest BCUT2D eigenvalue weighted by Gasteiger charge is 2.24. The van der Waals surface area contributed by atoms with Gasteiger partial charge in [0.25, 0.3) is 0 Å². The maximum atomic E-state index is 14.4. The standard InChI is InChI=1S/C19H16F3N3/c1-10(2)25(16-7-6-14(20)17(21)18(16)22)19-11(3)13-5-4-12(9-23)8-15(13)24-19/h4-8,10,24H,1-3H3. The van der Waals surface area contributed by atoms with Crippen LogP contribution in [0, 0.1) is 35.7 Å². The van der Waals surface area contributed by atoms with Crippen LogP contribution < -0.4 is 4.90 Å². The third kappa shape index (κ3) is 2.72. The molecule has 2 aromatic carbocycles. The number of aromatic nitrogens is 1. The van der Waals surface area contributed by atoms with Gasteiger partial charge in [-0.1, -0.05) is 6.07 Å². The number of hydrogen-bond acceptors (Lipinski definition) is 2. The number of anilines is 2. The maximum absolute atomic E-state index is 14.4. The summed E-state index contributed by atoms with van der Waals surface area (Å²) < 4.78 is 41.3. The molecule has 0 saturated heterocycles. The number of benzene rings is 2. The Morgan fingerprint density at radius 2 is 1.80 bits per heavy atom. The van der Waals surface area contributed by atoms with Crippen LogP contribution in [0.15, 0.2) is 30.3 Å². The molecule has 128 valence electrons. The van der Waals surface area contributed by atoms with Crippen molar-refractivity contribution < 1.29 is 13.2 Å². The van der Waals surface area contributed by atoms with Crippen molar-refractivity contribution in [2.45, 2.75) is 26.8 Å². The normalized spacial score (nSPS) is 11.1.